The van der Waals surface area contributed by atoms with Crippen molar-refractivity contribution in [1.82, 2.24) is 4.90 Å². The largest absolute Gasteiger partial charge is 0.497 e. The lowest BCUT2D eigenvalue weighted by Crippen LogP contribution is -2.52. The van der Waals surface area contributed by atoms with Crippen LogP contribution in [0.5, 0.6) is 5.75 Å². The highest BCUT2D eigenvalue weighted by Crippen LogP contribution is 2.29. The van der Waals surface area contributed by atoms with Gasteiger partial charge in [-0.2, -0.15) is 0 Å². The standard InChI is InChI=1S/C15H24N2O/c1-15(2)8-9-17(11-14(15)16)10-12-4-6-13(18-3)7-5-12/h4-7,14H,8-11,16H2,1-3H3. The van der Waals surface area contributed by atoms with E-state index in [2.05, 4.69) is 30.9 Å². The van der Waals surface area contributed by atoms with Crippen LogP contribution < -0.4 is 10.5 Å². The fourth-order valence-corrected chi connectivity index (χ4v) is 2.38. The first kappa shape index (κ1) is 13.4. The van der Waals surface area contributed by atoms with Gasteiger partial charge >= 0.3 is 0 Å². The minimum absolute atomic E-state index is 0.268. The third kappa shape index (κ3) is 3.03. The van der Waals surface area contributed by atoms with Crippen molar-refractivity contribution in [3.05, 3.63) is 29.8 Å². The molecule has 0 aliphatic carbocycles. The number of hydrogen-bond donors (Lipinski definition) is 1. The number of nitrogens with zero attached hydrogens (tertiary/aromatic N) is 1. The number of rotatable bonds is 3. The Bertz CT molecular complexity index is 386. The van der Waals surface area contributed by atoms with Crippen molar-refractivity contribution in [2.24, 2.45) is 11.1 Å². The monoisotopic (exact) mass is 248 g/mol. The fraction of sp³-hybridized carbons (Fsp3) is 0.600. The zero-order valence-corrected chi connectivity index (χ0v) is 11.6. The molecule has 0 amide bonds. The lowest BCUT2D eigenvalue weighted by atomic mass is 9.78. The summed E-state index contributed by atoms with van der Waals surface area (Å²) in [6, 6.07) is 8.56. The lowest BCUT2D eigenvalue weighted by molar-refractivity contribution is 0.101. The molecule has 0 aromatic heterocycles. The summed E-state index contributed by atoms with van der Waals surface area (Å²) >= 11 is 0. The van der Waals surface area contributed by atoms with Gasteiger partial charge in [-0.3, -0.25) is 4.90 Å². The van der Waals surface area contributed by atoms with Crippen molar-refractivity contribution < 1.29 is 4.74 Å². The van der Waals surface area contributed by atoms with Crippen LogP contribution in [-0.2, 0) is 6.54 Å². The first-order valence-electron chi connectivity index (χ1n) is 6.62. The summed E-state index contributed by atoms with van der Waals surface area (Å²) < 4.78 is 5.17. The van der Waals surface area contributed by atoms with E-state index < -0.39 is 0 Å². The molecule has 2 rings (SSSR count). The van der Waals surface area contributed by atoms with Crippen molar-refractivity contribution in [1.29, 1.82) is 0 Å². The molecule has 18 heavy (non-hydrogen) atoms. The summed E-state index contributed by atoms with van der Waals surface area (Å²) in [6.45, 7) is 7.63. The van der Waals surface area contributed by atoms with E-state index in [1.165, 1.54) is 12.0 Å². The Kier molecular flexibility index (Phi) is 3.93. The molecule has 1 aliphatic heterocycles. The van der Waals surface area contributed by atoms with Gasteiger partial charge in [0.05, 0.1) is 7.11 Å². The molecular formula is C15H24N2O. The summed E-state index contributed by atoms with van der Waals surface area (Å²) in [5.41, 5.74) is 7.84. The van der Waals surface area contributed by atoms with Crippen LogP contribution in [0.4, 0.5) is 0 Å². The molecule has 1 heterocycles. The second-order valence-corrected chi connectivity index (χ2v) is 5.93. The van der Waals surface area contributed by atoms with Crippen LogP contribution in [0.15, 0.2) is 24.3 Å². The highest BCUT2D eigenvalue weighted by atomic mass is 16.5. The SMILES string of the molecule is COc1ccc(CN2CCC(C)(C)C(N)C2)cc1. The third-order valence-electron chi connectivity index (χ3n) is 4.10. The Balaban J connectivity index is 1.94. The number of benzene rings is 1. The molecule has 0 spiro atoms. The second-order valence-electron chi connectivity index (χ2n) is 5.93. The molecule has 1 aromatic rings. The van der Waals surface area contributed by atoms with E-state index in [1.54, 1.807) is 7.11 Å². The summed E-state index contributed by atoms with van der Waals surface area (Å²) in [4.78, 5) is 2.44. The summed E-state index contributed by atoms with van der Waals surface area (Å²) in [5, 5.41) is 0. The van der Waals surface area contributed by atoms with Crippen LogP contribution in [0.3, 0.4) is 0 Å². The average molecular weight is 248 g/mol. The second kappa shape index (κ2) is 5.29. The van der Waals surface area contributed by atoms with Crippen LogP contribution >= 0.6 is 0 Å². The first-order chi connectivity index (χ1) is 8.51. The van der Waals surface area contributed by atoms with E-state index in [1.807, 2.05) is 12.1 Å². The van der Waals surface area contributed by atoms with Gasteiger partial charge < -0.3 is 10.5 Å². The third-order valence-corrected chi connectivity index (χ3v) is 4.10. The number of hydrogen-bond acceptors (Lipinski definition) is 3. The Morgan fingerprint density at radius 1 is 1.33 bits per heavy atom. The highest BCUT2D eigenvalue weighted by molar-refractivity contribution is 5.27. The maximum Gasteiger partial charge on any atom is 0.118 e. The molecule has 0 saturated carbocycles. The van der Waals surface area contributed by atoms with E-state index in [-0.39, 0.29) is 11.5 Å². The van der Waals surface area contributed by atoms with Gasteiger partial charge in [0.1, 0.15) is 5.75 Å². The number of methoxy groups -OCH3 is 1. The number of piperidine rings is 1. The lowest BCUT2D eigenvalue weighted by Gasteiger charge is -2.42. The molecule has 3 heteroatoms. The van der Waals surface area contributed by atoms with Crippen LogP contribution in [0.25, 0.3) is 0 Å². The number of likely N-dealkylation sites (tertiary alicyclic amines) is 1. The zero-order valence-electron chi connectivity index (χ0n) is 11.6. The van der Waals surface area contributed by atoms with E-state index in [0.29, 0.717) is 0 Å². The molecule has 0 radical (unpaired) electrons. The molecule has 0 bridgehead atoms. The highest BCUT2D eigenvalue weighted by Gasteiger charge is 2.32. The Morgan fingerprint density at radius 3 is 2.56 bits per heavy atom. The molecule has 3 nitrogen and oxygen atoms in total. The van der Waals surface area contributed by atoms with Crippen molar-refractivity contribution >= 4 is 0 Å². The maximum atomic E-state index is 6.24. The van der Waals surface area contributed by atoms with Gasteiger partial charge in [-0.25, -0.2) is 0 Å². The molecule has 1 unspecified atom stereocenters. The Hall–Kier alpha value is -1.06. The summed E-state index contributed by atoms with van der Waals surface area (Å²) in [7, 11) is 1.70. The quantitative estimate of drug-likeness (QED) is 0.891. The van der Waals surface area contributed by atoms with Gasteiger partial charge in [-0.05, 0) is 36.1 Å². The Labute approximate surface area is 110 Å². The van der Waals surface area contributed by atoms with Gasteiger partial charge in [-0.1, -0.05) is 26.0 Å². The van der Waals surface area contributed by atoms with Crippen LogP contribution in [0.1, 0.15) is 25.8 Å². The number of nitrogens with two attached hydrogens (primary N) is 1. The van der Waals surface area contributed by atoms with Gasteiger partial charge in [0.2, 0.25) is 0 Å². The van der Waals surface area contributed by atoms with Gasteiger partial charge in [0, 0.05) is 19.1 Å². The smallest absolute Gasteiger partial charge is 0.118 e. The molecule has 1 saturated heterocycles. The number of ether oxygens (including phenoxy) is 1. The normalized spacial score (nSPS) is 23.9. The van der Waals surface area contributed by atoms with Gasteiger partial charge in [-0.15, -0.1) is 0 Å². The van der Waals surface area contributed by atoms with E-state index in [4.69, 9.17) is 10.5 Å². The predicted molar refractivity (Wildman–Crippen MR) is 74.6 cm³/mol. The molecular weight excluding hydrogens is 224 g/mol. The van der Waals surface area contributed by atoms with E-state index in [9.17, 15) is 0 Å². The summed E-state index contributed by atoms with van der Waals surface area (Å²) in [6.07, 6.45) is 1.17. The topological polar surface area (TPSA) is 38.5 Å². The van der Waals surface area contributed by atoms with Crippen LogP contribution in [0.2, 0.25) is 0 Å². The minimum atomic E-state index is 0.268. The average Bonchev–Trinajstić information content (AvgIpc) is 2.35. The van der Waals surface area contributed by atoms with Crippen molar-refractivity contribution in [3.8, 4) is 5.75 Å². The molecule has 1 aliphatic rings. The fourth-order valence-electron chi connectivity index (χ4n) is 2.38. The molecule has 1 aromatic carbocycles. The molecule has 1 fully saturated rings. The van der Waals surface area contributed by atoms with Gasteiger partial charge in [0.25, 0.3) is 0 Å². The van der Waals surface area contributed by atoms with Crippen molar-refractivity contribution in [2.75, 3.05) is 20.2 Å². The first-order valence-corrected chi connectivity index (χ1v) is 6.62. The molecule has 100 valence electrons. The minimum Gasteiger partial charge on any atom is -0.497 e. The zero-order chi connectivity index (χ0) is 13.2. The van der Waals surface area contributed by atoms with Gasteiger partial charge in [0.15, 0.2) is 0 Å². The molecule has 2 N–H and O–H groups in total. The van der Waals surface area contributed by atoms with Crippen molar-refractivity contribution in [3.63, 3.8) is 0 Å². The van der Waals surface area contributed by atoms with E-state index >= 15 is 0 Å². The summed E-state index contributed by atoms with van der Waals surface area (Å²) in [5.74, 6) is 0.912. The predicted octanol–water partition coefficient (Wildman–Crippen LogP) is 2.25. The van der Waals surface area contributed by atoms with Crippen molar-refractivity contribution in [2.45, 2.75) is 32.9 Å². The van der Waals surface area contributed by atoms with Crippen LogP contribution in [0, 0.1) is 5.41 Å². The maximum absolute atomic E-state index is 6.24. The molecule has 1 atom stereocenters. The Morgan fingerprint density at radius 2 is 2.00 bits per heavy atom. The van der Waals surface area contributed by atoms with Crippen LogP contribution in [-0.4, -0.2) is 31.1 Å². The van der Waals surface area contributed by atoms with E-state index in [0.717, 1.165) is 25.4 Å².